The summed E-state index contributed by atoms with van der Waals surface area (Å²) in [5.74, 6) is -0.439. The summed E-state index contributed by atoms with van der Waals surface area (Å²) >= 11 is 0. The van der Waals surface area contributed by atoms with E-state index in [1.54, 1.807) is 12.1 Å². The summed E-state index contributed by atoms with van der Waals surface area (Å²) in [5, 5.41) is 13.9. The van der Waals surface area contributed by atoms with Gasteiger partial charge in [0.25, 0.3) is 0 Å². The number of hydrogen-bond donors (Lipinski definition) is 2. The summed E-state index contributed by atoms with van der Waals surface area (Å²) < 4.78 is 20.4. The van der Waals surface area contributed by atoms with Crippen LogP contribution in [0.3, 0.4) is 0 Å². The molecule has 2 aromatic heterocycles. The zero-order chi connectivity index (χ0) is 20.4. The smallest absolute Gasteiger partial charge is 0.226 e. The van der Waals surface area contributed by atoms with Gasteiger partial charge < -0.3 is 19.7 Å². The Morgan fingerprint density at radius 2 is 2.14 bits per heavy atom. The molecule has 3 heterocycles. The molecule has 0 aliphatic carbocycles. The van der Waals surface area contributed by atoms with Gasteiger partial charge in [0.05, 0.1) is 30.9 Å². The Morgan fingerprint density at radius 1 is 1.34 bits per heavy atom. The summed E-state index contributed by atoms with van der Waals surface area (Å²) in [6, 6.07) is 10.1. The molecule has 1 aromatic carbocycles. The third-order valence-electron chi connectivity index (χ3n) is 5.30. The number of nitrogens with zero attached hydrogens (tertiary/aromatic N) is 2. The van der Waals surface area contributed by atoms with E-state index < -0.39 is 6.10 Å². The number of aliphatic hydroxyl groups is 1. The highest BCUT2D eigenvalue weighted by atomic mass is 19.1. The lowest BCUT2D eigenvalue weighted by Crippen LogP contribution is -2.49. The molecule has 0 radical (unpaired) electrons. The second-order valence-corrected chi connectivity index (χ2v) is 7.52. The predicted octanol–water partition coefficient (Wildman–Crippen LogP) is 2.11. The Kier molecular flexibility index (Phi) is 5.60. The fraction of sp³-hybridized carbons (Fsp3) is 0.364. The van der Waals surface area contributed by atoms with Crippen molar-refractivity contribution in [2.24, 2.45) is 7.05 Å². The van der Waals surface area contributed by atoms with Crippen molar-refractivity contribution in [3.63, 3.8) is 0 Å². The first-order chi connectivity index (χ1) is 14.0. The Hall–Kier alpha value is -2.77. The van der Waals surface area contributed by atoms with Gasteiger partial charge >= 0.3 is 0 Å². The van der Waals surface area contributed by atoms with Crippen LogP contribution in [0.4, 0.5) is 4.39 Å². The van der Waals surface area contributed by atoms with Crippen LogP contribution in [0.15, 0.2) is 42.6 Å². The van der Waals surface area contributed by atoms with Crippen molar-refractivity contribution in [3.8, 4) is 0 Å². The van der Waals surface area contributed by atoms with E-state index in [9.17, 15) is 14.3 Å². The molecule has 0 bridgehead atoms. The molecule has 1 aliphatic heterocycles. The number of aromatic nitrogens is 2. The van der Waals surface area contributed by atoms with Gasteiger partial charge in [-0.1, -0.05) is 12.1 Å². The van der Waals surface area contributed by atoms with Crippen LogP contribution in [0.25, 0.3) is 11.0 Å². The highest BCUT2D eigenvalue weighted by molar-refractivity contribution is 5.83. The minimum absolute atomic E-state index is 0.127. The molecule has 2 N–H and O–H groups in total. The number of hydrogen-bond acceptors (Lipinski definition) is 4. The molecule has 6 nitrogen and oxygen atoms in total. The van der Waals surface area contributed by atoms with Crippen LogP contribution >= 0.6 is 0 Å². The Morgan fingerprint density at radius 3 is 2.90 bits per heavy atom. The minimum atomic E-state index is -0.690. The monoisotopic (exact) mass is 397 g/mol. The number of halogens is 1. The van der Waals surface area contributed by atoms with E-state index in [-0.39, 0.29) is 30.8 Å². The molecule has 29 heavy (non-hydrogen) atoms. The van der Waals surface area contributed by atoms with Crippen molar-refractivity contribution >= 4 is 16.9 Å². The fourth-order valence-electron chi connectivity index (χ4n) is 3.73. The van der Waals surface area contributed by atoms with E-state index in [0.29, 0.717) is 25.1 Å². The zero-order valence-electron chi connectivity index (χ0n) is 16.3. The van der Waals surface area contributed by atoms with Crippen LogP contribution in [0, 0.1) is 5.82 Å². The van der Waals surface area contributed by atoms with Crippen molar-refractivity contribution in [3.05, 3.63) is 65.2 Å². The van der Waals surface area contributed by atoms with Gasteiger partial charge in [-0.3, -0.25) is 4.79 Å². The van der Waals surface area contributed by atoms with Crippen LogP contribution in [0.5, 0.6) is 0 Å². The van der Waals surface area contributed by atoms with Gasteiger partial charge in [-0.15, -0.1) is 0 Å². The number of fused-ring (bicyclic) bond motifs is 1. The summed E-state index contributed by atoms with van der Waals surface area (Å²) in [6.07, 6.45) is 2.59. The van der Waals surface area contributed by atoms with Crippen molar-refractivity contribution in [2.45, 2.75) is 31.4 Å². The van der Waals surface area contributed by atoms with Gasteiger partial charge in [0.1, 0.15) is 11.5 Å². The molecule has 4 rings (SSSR count). The van der Waals surface area contributed by atoms with Crippen molar-refractivity contribution in [1.82, 2.24) is 14.9 Å². The van der Waals surface area contributed by atoms with Gasteiger partial charge in [-0.25, -0.2) is 9.37 Å². The average Bonchev–Trinajstić information content (AvgIpc) is 3.07. The topological polar surface area (TPSA) is 76.4 Å². The molecule has 1 amide bonds. The maximum Gasteiger partial charge on any atom is 0.226 e. The van der Waals surface area contributed by atoms with Crippen LogP contribution in [-0.4, -0.2) is 45.9 Å². The first kappa shape index (κ1) is 19.5. The number of nitrogens with one attached hydrogen (secondary N) is 1. The molecule has 3 aromatic rings. The SMILES string of the molecule is Cn1ccc2c(Cc3ccc(F)cc3)cc(CC(=O)N[C@@H]3CCOC[C@H]3O)nc21. The zero-order valence-corrected chi connectivity index (χ0v) is 16.3. The van der Waals surface area contributed by atoms with E-state index in [1.165, 1.54) is 12.1 Å². The summed E-state index contributed by atoms with van der Waals surface area (Å²) in [6.45, 7) is 0.762. The Bertz CT molecular complexity index is 1020. The number of aryl methyl sites for hydroxylation is 1. The first-order valence-corrected chi connectivity index (χ1v) is 9.73. The molecule has 1 saturated heterocycles. The van der Waals surface area contributed by atoms with Gasteiger partial charge in [-0.2, -0.15) is 0 Å². The normalized spacial score (nSPS) is 19.4. The number of carbonyl (C=O) groups excluding carboxylic acids is 1. The van der Waals surface area contributed by atoms with E-state index in [1.807, 2.05) is 29.9 Å². The fourth-order valence-corrected chi connectivity index (χ4v) is 3.73. The van der Waals surface area contributed by atoms with Crippen molar-refractivity contribution < 1.29 is 19.0 Å². The molecule has 1 aliphatic rings. The number of amides is 1. The number of ether oxygens (including phenoxy) is 1. The summed E-state index contributed by atoms with van der Waals surface area (Å²) in [7, 11) is 1.92. The average molecular weight is 397 g/mol. The number of carbonyl (C=O) groups is 1. The van der Waals surface area contributed by atoms with E-state index >= 15 is 0 Å². The van der Waals surface area contributed by atoms with Gasteiger partial charge in [-0.05, 0) is 48.2 Å². The number of benzene rings is 1. The Labute approximate surface area is 168 Å². The molecular formula is C22H24FN3O3. The molecule has 2 atom stereocenters. The van der Waals surface area contributed by atoms with Gasteiger partial charge in [0.2, 0.25) is 5.91 Å². The third kappa shape index (κ3) is 4.46. The molecule has 0 spiro atoms. The number of rotatable bonds is 5. The number of pyridine rings is 1. The third-order valence-corrected chi connectivity index (χ3v) is 5.30. The first-order valence-electron chi connectivity index (χ1n) is 9.73. The van der Waals surface area contributed by atoms with Crippen LogP contribution in [-0.2, 0) is 29.4 Å². The highest BCUT2D eigenvalue weighted by Gasteiger charge is 2.25. The largest absolute Gasteiger partial charge is 0.389 e. The van der Waals surface area contributed by atoms with Gasteiger partial charge in [0, 0.05) is 25.2 Å². The predicted molar refractivity (Wildman–Crippen MR) is 107 cm³/mol. The lowest BCUT2D eigenvalue weighted by molar-refractivity contribution is -0.123. The van der Waals surface area contributed by atoms with Crippen LogP contribution in [0.2, 0.25) is 0 Å². The maximum atomic E-state index is 13.2. The van der Waals surface area contributed by atoms with Crippen molar-refractivity contribution in [2.75, 3.05) is 13.2 Å². The summed E-state index contributed by atoms with van der Waals surface area (Å²) in [4.78, 5) is 17.2. The number of aliphatic hydroxyl groups excluding tert-OH is 1. The minimum Gasteiger partial charge on any atom is -0.389 e. The molecule has 1 fully saturated rings. The second-order valence-electron chi connectivity index (χ2n) is 7.52. The molecule has 7 heteroatoms. The van der Waals surface area contributed by atoms with Crippen LogP contribution in [0.1, 0.15) is 23.2 Å². The maximum absolute atomic E-state index is 13.2. The van der Waals surface area contributed by atoms with Crippen molar-refractivity contribution in [1.29, 1.82) is 0 Å². The lowest BCUT2D eigenvalue weighted by atomic mass is 10.0. The molecule has 0 saturated carbocycles. The highest BCUT2D eigenvalue weighted by Crippen LogP contribution is 2.23. The van der Waals surface area contributed by atoms with E-state index in [4.69, 9.17) is 4.74 Å². The molecule has 152 valence electrons. The van der Waals surface area contributed by atoms with E-state index in [2.05, 4.69) is 10.3 Å². The second kappa shape index (κ2) is 8.31. The van der Waals surface area contributed by atoms with E-state index in [0.717, 1.165) is 22.2 Å². The summed E-state index contributed by atoms with van der Waals surface area (Å²) in [5.41, 5.74) is 3.49. The quantitative estimate of drug-likeness (QED) is 0.692. The molecule has 0 unspecified atom stereocenters. The standard InChI is InChI=1S/C22H24FN3O3/c1-26-8-6-18-15(10-14-2-4-16(23)5-3-14)11-17(24-22(18)26)12-21(28)25-19-7-9-29-13-20(19)27/h2-6,8,11,19-20,27H,7,9-10,12-13H2,1H3,(H,25,28)/t19-,20-/m1/s1. The molecular weight excluding hydrogens is 373 g/mol. The Balaban J connectivity index is 1.56. The van der Waals surface area contributed by atoms with Gasteiger partial charge in [0.15, 0.2) is 0 Å². The van der Waals surface area contributed by atoms with Crippen LogP contribution < -0.4 is 5.32 Å². The lowest BCUT2D eigenvalue weighted by Gasteiger charge is -2.28.